The van der Waals surface area contributed by atoms with E-state index >= 15 is 0 Å². The first-order valence-corrected chi connectivity index (χ1v) is 3.62. The fourth-order valence-corrected chi connectivity index (χ4v) is 1.00. The number of benzene rings is 1. The van der Waals surface area contributed by atoms with Crippen molar-refractivity contribution in [3.05, 3.63) is 35.4 Å². The van der Waals surface area contributed by atoms with Crippen LogP contribution in [0.1, 0.15) is 22.0 Å². The highest BCUT2D eigenvalue weighted by Crippen LogP contribution is 2.16. The summed E-state index contributed by atoms with van der Waals surface area (Å²) in [7, 11) is 0. The molecule has 0 aliphatic carbocycles. The second kappa shape index (κ2) is 5.36. The number of carbonyl (C=O) groups is 2. The van der Waals surface area contributed by atoms with Crippen LogP contribution >= 0.6 is 12.4 Å². The summed E-state index contributed by atoms with van der Waals surface area (Å²) in [4.78, 5) is 20.9. The number of hydrogen-bond acceptors (Lipinski definition) is 3. The molecule has 14 heavy (non-hydrogen) atoms. The lowest BCUT2D eigenvalue weighted by atomic mass is 10.0. The van der Waals surface area contributed by atoms with E-state index in [1.165, 1.54) is 12.1 Å². The molecule has 1 unspecified atom stereocenters. The Balaban J connectivity index is 0.00000169. The second-order valence-electron chi connectivity index (χ2n) is 2.49. The Morgan fingerprint density at radius 3 is 2.43 bits per heavy atom. The lowest BCUT2D eigenvalue weighted by molar-refractivity contribution is -0.146. The number of halogens is 1. The van der Waals surface area contributed by atoms with Crippen molar-refractivity contribution in [2.45, 2.75) is 6.10 Å². The Morgan fingerprint density at radius 1 is 1.36 bits per heavy atom. The highest BCUT2D eigenvalue weighted by Gasteiger charge is 2.18. The Labute approximate surface area is 86.6 Å². The number of carbonyl (C=O) groups excluding carboxylic acids is 1. The maximum Gasteiger partial charge on any atom is 0.337 e. The minimum atomic E-state index is -1.64. The number of carboxylic acids is 1. The van der Waals surface area contributed by atoms with Crippen LogP contribution in [0.4, 0.5) is 0 Å². The third-order valence-electron chi connectivity index (χ3n) is 1.65. The van der Waals surface area contributed by atoms with Crippen molar-refractivity contribution in [2.24, 2.45) is 0 Å². The maximum atomic E-state index is 10.5. The smallest absolute Gasteiger partial charge is 0.337 e. The molecule has 4 nitrogen and oxygen atoms in total. The SMILES string of the molecule is Cl.O=Cc1ccccc1C(O)C(=O)O. The molecule has 0 bridgehead atoms. The minimum absolute atomic E-state index is 0. The molecule has 1 rings (SSSR count). The van der Waals surface area contributed by atoms with Crippen molar-refractivity contribution >= 4 is 24.7 Å². The van der Waals surface area contributed by atoms with Gasteiger partial charge in [0.15, 0.2) is 6.10 Å². The largest absolute Gasteiger partial charge is 0.479 e. The molecular weight excluding hydrogens is 208 g/mol. The molecule has 2 N–H and O–H groups in total. The van der Waals surface area contributed by atoms with E-state index in [1.807, 2.05) is 0 Å². The Bertz CT molecular complexity index is 337. The predicted octanol–water partition coefficient (Wildman–Crippen LogP) is 1.04. The number of rotatable bonds is 3. The third-order valence-corrected chi connectivity index (χ3v) is 1.65. The highest BCUT2D eigenvalue weighted by atomic mass is 35.5. The number of aldehydes is 1. The summed E-state index contributed by atoms with van der Waals surface area (Å²) in [5.41, 5.74) is 0.308. The number of carboxylic acid groups (broad SMARTS) is 1. The van der Waals surface area contributed by atoms with E-state index in [0.717, 1.165) is 0 Å². The van der Waals surface area contributed by atoms with Crippen molar-refractivity contribution in [1.29, 1.82) is 0 Å². The van der Waals surface area contributed by atoms with Gasteiger partial charge >= 0.3 is 5.97 Å². The predicted molar refractivity (Wildman–Crippen MR) is 51.7 cm³/mol. The highest BCUT2D eigenvalue weighted by molar-refractivity contribution is 5.85. The molecule has 0 saturated heterocycles. The van der Waals surface area contributed by atoms with E-state index in [4.69, 9.17) is 10.2 Å². The van der Waals surface area contributed by atoms with Gasteiger partial charge in [-0.15, -0.1) is 12.4 Å². The number of aliphatic hydroxyl groups excluding tert-OH is 1. The third kappa shape index (κ3) is 2.55. The zero-order valence-electron chi connectivity index (χ0n) is 7.08. The van der Waals surface area contributed by atoms with Gasteiger partial charge in [-0.2, -0.15) is 0 Å². The number of aliphatic carboxylic acids is 1. The first-order valence-electron chi connectivity index (χ1n) is 3.62. The summed E-state index contributed by atoms with van der Waals surface area (Å²) < 4.78 is 0. The van der Waals surface area contributed by atoms with Crippen molar-refractivity contribution in [1.82, 2.24) is 0 Å². The Kier molecular flexibility index (Phi) is 4.83. The normalized spacial score (nSPS) is 11.2. The first kappa shape index (κ1) is 12.6. The average molecular weight is 217 g/mol. The zero-order valence-corrected chi connectivity index (χ0v) is 7.90. The van der Waals surface area contributed by atoms with E-state index < -0.39 is 12.1 Å². The van der Waals surface area contributed by atoms with Gasteiger partial charge in [0, 0.05) is 11.1 Å². The van der Waals surface area contributed by atoms with Gasteiger partial charge in [-0.3, -0.25) is 4.79 Å². The van der Waals surface area contributed by atoms with Gasteiger partial charge in [-0.25, -0.2) is 4.79 Å². The Morgan fingerprint density at radius 2 is 1.93 bits per heavy atom. The molecule has 5 heteroatoms. The fourth-order valence-electron chi connectivity index (χ4n) is 1.00. The fraction of sp³-hybridized carbons (Fsp3) is 0.111. The van der Waals surface area contributed by atoms with Gasteiger partial charge in [-0.1, -0.05) is 24.3 Å². The van der Waals surface area contributed by atoms with Crippen LogP contribution < -0.4 is 0 Å². The van der Waals surface area contributed by atoms with E-state index in [1.54, 1.807) is 12.1 Å². The van der Waals surface area contributed by atoms with E-state index in [0.29, 0.717) is 6.29 Å². The van der Waals surface area contributed by atoms with Crippen molar-refractivity contribution in [3.8, 4) is 0 Å². The monoisotopic (exact) mass is 216 g/mol. The van der Waals surface area contributed by atoms with Crippen LogP contribution in [0.2, 0.25) is 0 Å². The van der Waals surface area contributed by atoms with Crippen LogP contribution in [0.3, 0.4) is 0 Å². The standard InChI is InChI=1S/C9H8O4.ClH/c10-5-6-3-1-2-4-7(6)8(11)9(12)13;/h1-5,8,11H,(H,12,13);1H. The molecule has 1 aromatic carbocycles. The molecule has 0 heterocycles. The maximum absolute atomic E-state index is 10.5. The van der Waals surface area contributed by atoms with E-state index in [-0.39, 0.29) is 23.5 Å². The van der Waals surface area contributed by atoms with Crippen LogP contribution in [-0.4, -0.2) is 22.5 Å². The molecule has 0 aromatic heterocycles. The molecule has 0 amide bonds. The van der Waals surface area contributed by atoms with Crippen molar-refractivity contribution in [3.63, 3.8) is 0 Å². The molecule has 0 aliphatic heterocycles. The Hall–Kier alpha value is -1.39. The molecule has 0 radical (unpaired) electrons. The molecule has 0 aliphatic rings. The molecule has 0 fully saturated rings. The summed E-state index contributed by atoms with van der Waals surface area (Å²) in [6.07, 6.45) is -1.12. The summed E-state index contributed by atoms with van der Waals surface area (Å²) in [5, 5.41) is 17.6. The molecule has 76 valence electrons. The lowest BCUT2D eigenvalue weighted by Gasteiger charge is -2.07. The first-order chi connectivity index (χ1) is 6.16. The van der Waals surface area contributed by atoms with Crippen molar-refractivity contribution < 1.29 is 19.8 Å². The lowest BCUT2D eigenvalue weighted by Crippen LogP contribution is -2.12. The van der Waals surface area contributed by atoms with Crippen molar-refractivity contribution in [2.75, 3.05) is 0 Å². The molecule has 1 aromatic rings. The van der Waals surface area contributed by atoms with Gasteiger partial charge in [0.25, 0.3) is 0 Å². The summed E-state index contributed by atoms with van der Waals surface area (Å²) in [6, 6.07) is 6.02. The average Bonchev–Trinajstić information content (AvgIpc) is 2.16. The molecule has 0 saturated carbocycles. The van der Waals surface area contributed by atoms with Gasteiger partial charge in [0.05, 0.1) is 0 Å². The summed E-state index contributed by atoms with van der Waals surface area (Å²) in [5.74, 6) is -1.37. The van der Waals surface area contributed by atoms with Gasteiger partial charge < -0.3 is 10.2 Å². The summed E-state index contributed by atoms with van der Waals surface area (Å²) >= 11 is 0. The van der Waals surface area contributed by atoms with Crippen LogP contribution in [-0.2, 0) is 4.79 Å². The second-order valence-corrected chi connectivity index (χ2v) is 2.49. The van der Waals surface area contributed by atoms with Gasteiger partial charge in [0.2, 0.25) is 0 Å². The zero-order chi connectivity index (χ0) is 9.84. The quantitative estimate of drug-likeness (QED) is 0.741. The van der Waals surface area contributed by atoms with Crippen LogP contribution in [0, 0.1) is 0 Å². The molecule has 0 spiro atoms. The summed E-state index contributed by atoms with van der Waals surface area (Å²) in [6.45, 7) is 0. The van der Waals surface area contributed by atoms with Gasteiger partial charge in [-0.05, 0) is 0 Å². The van der Waals surface area contributed by atoms with Gasteiger partial charge in [0.1, 0.15) is 6.29 Å². The number of hydrogen-bond donors (Lipinski definition) is 2. The van der Waals surface area contributed by atoms with Crippen LogP contribution in [0.25, 0.3) is 0 Å². The minimum Gasteiger partial charge on any atom is -0.479 e. The molecular formula is C9H9ClO4. The topological polar surface area (TPSA) is 74.6 Å². The van der Waals surface area contributed by atoms with Crippen LogP contribution in [0.15, 0.2) is 24.3 Å². The molecule has 1 atom stereocenters. The van der Waals surface area contributed by atoms with Crippen LogP contribution in [0.5, 0.6) is 0 Å². The van der Waals surface area contributed by atoms with E-state index in [2.05, 4.69) is 0 Å². The number of aliphatic hydroxyl groups is 1. The van der Waals surface area contributed by atoms with E-state index in [9.17, 15) is 9.59 Å².